The number of Topliss-reactive ketones (excluding diaryl/α,β-unsaturated/α-hetero) is 1. The first-order valence-corrected chi connectivity index (χ1v) is 5.46. The highest BCUT2D eigenvalue weighted by molar-refractivity contribution is 7.17. The lowest BCUT2D eigenvalue weighted by atomic mass is 10.1. The maximum absolute atomic E-state index is 11.0. The van der Waals surface area contributed by atoms with Crippen molar-refractivity contribution in [3.05, 3.63) is 0 Å². The van der Waals surface area contributed by atoms with Crippen LogP contribution >= 0.6 is 17.4 Å². The van der Waals surface area contributed by atoms with E-state index in [9.17, 15) is 24.1 Å². The predicted molar refractivity (Wildman–Crippen MR) is 50.1 cm³/mol. The van der Waals surface area contributed by atoms with Crippen LogP contribution in [-0.2, 0) is 23.0 Å². The van der Waals surface area contributed by atoms with E-state index in [0.717, 1.165) is 0 Å². The first-order chi connectivity index (χ1) is 7.54. The third kappa shape index (κ3) is 5.67. The van der Waals surface area contributed by atoms with Crippen molar-refractivity contribution < 1.29 is 38.3 Å². The van der Waals surface area contributed by atoms with Gasteiger partial charge in [0, 0.05) is 0 Å². The molecule has 0 bridgehead atoms. The SMILES string of the molecule is O=POCC(=O)[C@@H](O)[C@H](O)[C@H](O)COP=O. The molecule has 0 aliphatic carbocycles. The van der Waals surface area contributed by atoms with Crippen LogP contribution in [0.4, 0.5) is 0 Å². The summed E-state index contributed by atoms with van der Waals surface area (Å²) in [7, 11) is -1.43. The molecule has 3 atom stereocenters. The Morgan fingerprint density at radius 3 is 2.19 bits per heavy atom. The van der Waals surface area contributed by atoms with Crippen molar-refractivity contribution in [1.29, 1.82) is 0 Å². The zero-order valence-corrected chi connectivity index (χ0v) is 9.71. The quantitative estimate of drug-likeness (QED) is 0.459. The molecule has 0 aromatic heterocycles. The second-order valence-electron chi connectivity index (χ2n) is 2.69. The van der Waals surface area contributed by atoms with Crippen LogP contribution in [0.5, 0.6) is 0 Å². The fraction of sp³-hybridized carbons (Fsp3) is 0.833. The fourth-order valence-electron chi connectivity index (χ4n) is 0.782. The van der Waals surface area contributed by atoms with Crippen LogP contribution in [0, 0.1) is 0 Å². The molecule has 0 aliphatic heterocycles. The van der Waals surface area contributed by atoms with Gasteiger partial charge in [-0.2, -0.15) is 0 Å². The van der Waals surface area contributed by atoms with Crippen molar-refractivity contribution in [3.63, 3.8) is 0 Å². The number of aliphatic hydroxyl groups is 3. The van der Waals surface area contributed by atoms with Gasteiger partial charge in [0.15, 0.2) is 5.78 Å². The maximum atomic E-state index is 11.0. The van der Waals surface area contributed by atoms with Gasteiger partial charge in [-0.15, -0.1) is 0 Å². The number of rotatable bonds is 9. The van der Waals surface area contributed by atoms with E-state index < -0.39 is 54.7 Å². The molecule has 0 unspecified atom stereocenters. The molecule has 0 rings (SSSR count). The van der Waals surface area contributed by atoms with E-state index in [0.29, 0.717) is 0 Å². The second kappa shape index (κ2) is 8.78. The number of aliphatic hydroxyl groups excluding tert-OH is 3. The van der Waals surface area contributed by atoms with Crippen LogP contribution in [0.1, 0.15) is 0 Å². The molecule has 3 N–H and O–H groups in total. The summed E-state index contributed by atoms with van der Waals surface area (Å²) in [6.45, 7) is -1.19. The van der Waals surface area contributed by atoms with Crippen LogP contribution in [0.15, 0.2) is 0 Å². The molecular formula is C6H10O8P2. The second-order valence-corrected chi connectivity index (χ2v) is 3.50. The highest BCUT2D eigenvalue weighted by atomic mass is 31.1. The molecule has 10 heteroatoms. The summed E-state index contributed by atoms with van der Waals surface area (Å²) >= 11 is 0. The van der Waals surface area contributed by atoms with Gasteiger partial charge >= 0.3 is 17.4 Å². The van der Waals surface area contributed by atoms with E-state index in [-0.39, 0.29) is 0 Å². The number of hydrogen-bond acceptors (Lipinski definition) is 8. The molecule has 0 amide bonds. The average molecular weight is 272 g/mol. The molecule has 0 saturated carbocycles. The lowest BCUT2D eigenvalue weighted by Gasteiger charge is -2.20. The largest absolute Gasteiger partial charge is 0.388 e. The molecular weight excluding hydrogens is 262 g/mol. The number of ketones is 1. The topological polar surface area (TPSA) is 130 Å². The summed E-state index contributed by atoms with van der Waals surface area (Å²) in [5.74, 6) is -0.949. The Kier molecular flexibility index (Phi) is 8.60. The van der Waals surface area contributed by atoms with Crippen LogP contribution in [-0.4, -0.2) is 52.6 Å². The number of carbonyl (C=O) groups excluding carboxylic acids is 1. The lowest BCUT2D eigenvalue weighted by Crippen LogP contribution is -2.44. The minimum absolute atomic E-state index is 0.517. The van der Waals surface area contributed by atoms with Crippen LogP contribution in [0.3, 0.4) is 0 Å². The number of carbonyl (C=O) groups is 1. The van der Waals surface area contributed by atoms with E-state index in [1.54, 1.807) is 0 Å². The van der Waals surface area contributed by atoms with Gasteiger partial charge in [0.1, 0.15) is 24.9 Å². The van der Waals surface area contributed by atoms with Gasteiger partial charge < -0.3 is 15.3 Å². The van der Waals surface area contributed by atoms with Gasteiger partial charge in [0.05, 0.1) is 6.61 Å². The lowest BCUT2D eigenvalue weighted by molar-refractivity contribution is -0.141. The first kappa shape index (κ1) is 15.7. The van der Waals surface area contributed by atoms with Crippen molar-refractivity contribution in [1.82, 2.24) is 0 Å². The Bertz CT molecular complexity index is 247. The summed E-state index contributed by atoms with van der Waals surface area (Å²) in [4.78, 5) is 11.0. The Balaban J connectivity index is 4.13. The summed E-state index contributed by atoms with van der Waals surface area (Å²) < 4.78 is 28.1. The summed E-state index contributed by atoms with van der Waals surface area (Å²) in [6.07, 6.45) is -5.28. The van der Waals surface area contributed by atoms with E-state index in [1.165, 1.54) is 0 Å². The fourth-order valence-corrected chi connectivity index (χ4v) is 1.18. The Hall–Kier alpha value is -0.330. The normalized spacial score (nSPS) is 17.2. The van der Waals surface area contributed by atoms with Crippen molar-refractivity contribution in [3.8, 4) is 0 Å². The van der Waals surface area contributed by atoms with Gasteiger partial charge in [0.2, 0.25) is 0 Å². The van der Waals surface area contributed by atoms with Gasteiger partial charge in [-0.1, -0.05) is 0 Å². The highest BCUT2D eigenvalue weighted by Crippen LogP contribution is 2.06. The molecule has 0 saturated heterocycles. The summed E-state index contributed by atoms with van der Waals surface area (Å²) in [6, 6.07) is 0. The van der Waals surface area contributed by atoms with Gasteiger partial charge in [-0.05, 0) is 0 Å². The predicted octanol–water partition coefficient (Wildman–Crippen LogP) is -0.915. The molecule has 0 aromatic carbocycles. The van der Waals surface area contributed by atoms with Crippen LogP contribution < -0.4 is 0 Å². The minimum atomic E-state index is -1.90. The molecule has 16 heavy (non-hydrogen) atoms. The Morgan fingerprint density at radius 2 is 1.69 bits per heavy atom. The van der Waals surface area contributed by atoms with Gasteiger partial charge in [0.25, 0.3) is 0 Å². The maximum Gasteiger partial charge on any atom is 0.327 e. The van der Waals surface area contributed by atoms with E-state index in [4.69, 9.17) is 5.11 Å². The smallest absolute Gasteiger partial charge is 0.327 e. The molecule has 0 heterocycles. The molecule has 0 spiro atoms. The van der Waals surface area contributed by atoms with Crippen molar-refractivity contribution >= 4 is 23.2 Å². The minimum Gasteiger partial charge on any atom is -0.388 e. The third-order valence-corrected chi connectivity index (χ3v) is 2.09. The molecule has 0 radical (unpaired) electrons. The average Bonchev–Trinajstić information content (AvgIpc) is 2.30. The standard InChI is InChI=1S/C6H10O8P2/c7-3(1-13-15-11)5(9)6(10)4(8)2-14-16-12/h3,5-7,9-10H,1-2H2/t3-,5-,6-/m1/s1. The van der Waals surface area contributed by atoms with Gasteiger partial charge in [-0.3, -0.25) is 13.8 Å². The van der Waals surface area contributed by atoms with Crippen molar-refractivity contribution in [2.45, 2.75) is 18.3 Å². The van der Waals surface area contributed by atoms with Crippen LogP contribution in [0.25, 0.3) is 0 Å². The zero-order chi connectivity index (χ0) is 12.6. The van der Waals surface area contributed by atoms with E-state index in [2.05, 4.69) is 9.05 Å². The molecule has 0 fully saturated rings. The summed E-state index contributed by atoms with van der Waals surface area (Å²) in [5.41, 5.74) is 0. The number of hydrogen-bond donors (Lipinski definition) is 3. The van der Waals surface area contributed by atoms with Crippen molar-refractivity contribution in [2.75, 3.05) is 13.2 Å². The van der Waals surface area contributed by atoms with Crippen molar-refractivity contribution in [2.24, 2.45) is 0 Å². The molecule has 8 nitrogen and oxygen atoms in total. The van der Waals surface area contributed by atoms with E-state index in [1.807, 2.05) is 0 Å². The first-order valence-electron chi connectivity index (χ1n) is 4.00. The van der Waals surface area contributed by atoms with Crippen LogP contribution in [0.2, 0.25) is 0 Å². The Labute approximate surface area is 93.7 Å². The monoisotopic (exact) mass is 272 g/mol. The molecule has 0 aliphatic rings. The molecule has 0 aromatic rings. The van der Waals surface area contributed by atoms with E-state index >= 15 is 0 Å². The van der Waals surface area contributed by atoms with Gasteiger partial charge in [-0.25, -0.2) is 9.13 Å². The Morgan fingerprint density at radius 1 is 1.12 bits per heavy atom. The highest BCUT2D eigenvalue weighted by Gasteiger charge is 2.30. The summed E-state index contributed by atoms with van der Waals surface area (Å²) in [5, 5.41) is 27.6. The zero-order valence-electron chi connectivity index (χ0n) is 7.92. The molecule has 92 valence electrons. The third-order valence-electron chi connectivity index (χ3n) is 1.61.